The van der Waals surface area contributed by atoms with Crippen molar-refractivity contribution in [2.24, 2.45) is 17.8 Å². The molecule has 0 atom stereocenters. The largest absolute Gasteiger partial charge is 0.179 e. The standard InChI is InChI=1S/C22H21BBr/c24-21-4-3-19(18-8-16(20-12-23-20)1-2-17(18)21)22-9-13-5-14(10-22)7-15(6-13)11-22/h1-4,8,12-15H,5-7,9-11H2. The molecule has 1 aliphatic heterocycles. The molecule has 0 saturated heterocycles. The van der Waals surface area contributed by atoms with E-state index in [1.54, 1.807) is 5.56 Å². The predicted molar refractivity (Wildman–Crippen MR) is 105 cm³/mol. The van der Waals surface area contributed by atoms with E-state index >= 15 is 0 Å². The molecular formula is C22H21BBr. The van der Waals surface area contributed by atoms with Crippen LogP contribution in [0, 0.1) is 17.8 Å². The summed E-state index contributed by atoms with van der Waals surface area (Å²) in [5.41, 5.74) is 4.93. The van der Waals surface area contributed by atoms with Crippen molar-refractivity contribution in [3.8, 4) is 0 Å². The number of rotatable bonds is 2. The zero-order valence-corrected chi connectivity index (χ0v) is 15.5. The van der Waals surface area contributed by atoms with E-state index in [2.05, 4.69) is 59.5 Å². The van der Waals surface area contributed by atoms with Crippen LogP contribution in [0.1, 0.15) is 49.7 Å². The summed E-state index contributed by atoms with van der Waals surface area (Å²) in [6, 6.07) is 11.8. The Labute approximate surface area is 153 Å². The van der Waals surface area contributed by atoms with Gasteiger partial charge in [0.25, 0.3) is 0 Å². The average Bonchev–Trinajstić information content (AvgIpc) is 3.38. The molecule has 24 heavy (non-hydrogen) atoms. The molecule has 119 valence electrons. The summed E-state index contributed by atoms with van der Waals surface area (Å²) in [5, 5.41) is 2.90. The lowest BCUT2D eigenvalue weighted by Gasteiger charge is -2.57. The quantitative estimate of drug-likeness (QED) is 0.557. The first-order chi connectivity index (χ1) is 11.7. The van der Waals surface area contributed by atoms with Gasteiger partial charge in [0.2, 0.25) is 0 Å². The molecule has 4 saturated carbocycles. The van der Waals surface area contributed by atoms with Crippen molar-refractivity contribution in [1.29, 1.82) is 0 Å². The van der Waals surface area contributed by atoms with Crippen molar-refractivity contribution in [2.75, 3.05) is 0 Å². The van der Waals surface area contributed by atoms with E-state index in [9.17, 15) is 0 Å². The second kappa shape index (κ2) is 4.78. The van der Waals surface area contributed by atoms with Crippen LogP contribution >= 0.6 is 15.9 Å². The normalized spacial score (nSPS) is 35.9. The van der Waals surface area contributed by atoms with Crippen LogP contribution in [0.2, 0.25) is 0 Å². The van der Waals surface area contributed by atoms with Crippen LogP contribution in [-0.2, 0) is 5.41 Å². The zero-order valence-electron chi connectivity index (χ0n) is 13.9. The van der Waals surface area contributed by atoms with Crippen LogP contribution in [0.15, 0.2) is 40.8 Å². The SMILES string of the molecule is Brc1ccc(C23CC4CC(CC(C4)C2)C3)c2cc(C3=C[B]3)ccc12. The van der Waals surface area contributed by atoms with E-state index in [4.69, 9.17) is 0 Å². The van der Waals surface area contributed by atoms with E-state index in [1.807, 2.05) is 0 Å². The molecule has 1 heterocycles. The fraction of sp³-hybridized carbons (Fsp3) is 0.455. The van der Waals surface area contributed by atoms with Crippen molar-refractivity contribution in [3.63, 3.8) is 0 Å². The molecule has 0 spiro atoms. The topological polar surface area (TPSA) is 0 Å². The molecule has 0 amide bonds. The van der Waals surface area contributed by atoms with Gasteiger partial charge in [-0.25, -0.2) is 0 Å². The summed E-state index contributed by atoms with van der Waals surface area (Å²) < 4.78 is 1.24. The Hall–Kier alpha value is -1.02. The second-order valence-corrected chi connectivity index (χ2v) is 9.70. The first-order valence-electron chi connectivity index (χ1n) is 9.48. The van der Waals surface area contributed by atoms with Crippen molar-refractivity contribution >= 4 is 39.5 Å². The Bertz CT molecular complexity index is 859. The molecule has 0 unspecified atom stereocenters. The zero-order chi connectivity index (χ0) is 15.9. The third kappa shape index (κ3) is 1.98. The van der Waals surface area contributed by atoms with E-state index in [1.165, 1.54) is 64.8 Å². The maximum absolute atomic E-state index is 3.80. The highest BCUT2D eigenvalue weighted by molar-refractivity contribution is 9.10. The molecule has 2 aromatic rings. The van der Waals surface area contributed by atoms with Gasteiger partial charge in [0, 0.05) is 4.47 Å². The van der Waals surface area contributed by atoms with Gasteiger partial charge < -0.3 is 0 Å². The third-order valence-corrected chi connectivity index (χ3v) is 7.93. The molecule has 1 radical (unpaired) electrons. The van der Waals surface area contributed by atoms with Gasteiger partial charge in [-0.3, -0.25) is 0 Å². The van der Waals surface area contributed by atoms with Crippen molar-refractivity contribution in [3.05, 3.63) is 51.9 Å². The minimum atomic E-state index is 0.466. The lowest BCUT2D eigenvalue weighted by atomic mass is 9.47. The van der Waals surface area contributed by atoms with Gasteiger partial charge in [0.15, 0.2) is 7.28 Å². The van der Waals surface area contributed by atoms with Crippen molar-refractivity contribution < 1.29 is 0 Å². The van der Waals surface area contributed by atoms with Crippen LogP contribution in [-0.4, -0.2) is 7.28 Å². The molecule has 5 aliphatic rings. The Morgan fingerprint density at radius 3 is 2.17 bits per heavy atom. The predicted octanol–water partition coefficient (Wildman–Crippen LogP) is 6.09. The van der Waals surface area contributed by atoms with Crippen LogP contribution < -0.4 is 0 Å². The number of halogens is 1. The Morgan fingerprint density at radius 1 is 0.875 bits per heavy atom. The molecule has 7 rings (SSSR count). The fourth-order valence-corrected chi connectivity index (χ4v) is 7.11. The first-order valence-corrected chi connectivity index (χ1v) is 10.3. The van der Waals surface area contributed by atoms with Gasteiger partial charge in [0.05, 0.1) is 0 Å². The summed E-state index contributed by atoms with van der Waals surface area (Å²) in [5.74, 6) is 5.22. The van der Waals surface area contributed by atoms with E-state index in [-0.39, 0.29) is 0 Å². The molecule has 0 N–H and O–H groups in total. The molecule has 2 heteroatoms. The average molecular weight is 376 g/mol. The Kier molecular flexibility index (Phi) is 2.83. The molecule has 0 aromatic heterocycles. The van der Waals surface area contributed by atoms with Crippen LogP contribution in [0.3, 0.4) is 0 Å². The minimum absolute atomic E-state index is 0.466. The Morgan fingerprint density at radius 2 is 1.54 bits per heavy atom. The summed E-state index contributed by atoms with van der Waals surface area (Å²) in [7, 11) is 2.23. The number of benzene rings is 2. The molecule has 2 aromatic carbocycles. The lowest BCUT2D eigenvalue weighted by molar-refractivity contribution is -0.00449. The Balaban J connectivity index is 1.57. The van der Waals surface area contributed by atoms with Crippen LogP contribution in [0.25, 0.3) is 16.2 Å². The molecule has 4 aliphatic carbocycles. The molecular weight excluding hydrogens is 355 g/mol. The first kappa shape index (κ1) is 14.2. The van der Waals surface area contributed by atoms with Crippen molar-refractivity contribution in [1.82, 2.24) is 0 Å². The van der Waals surface area contributed by atoms with Gasteiger partial charge in [-0.1, -0.05) is 39.6 Å². The monoisotopic (exact) mass is 375 g/mol. The summed E-state index contributed by atoms with van der Waals surface area (Å²) in [6.07, 6.45) is 8.86. The number of hydrogen-bond donors (Lipinski definition) is 0. The van der Waals surface area contributed by atoms with Gasteiger partial charge >= 0.3 is 0 Å². The van der Waals surface area contributed by atoms with Gasteiger partial charge in [-0.2, -0.15) is 0 Å². The highest BCUT2D eigenvalue weighted by atomic mass is 79.9. The van der Waals surface area contributed by atoms with E-state index in [0.29, 0.717) is 5.41 Å². The number of fused-ring (bicyclic) bond motifs is 1. The summed E-state index contributed by atoms with van der Waals surface area (Å²) >= 11 is 3.80. The number of hydrogen-bond acceptors (Lipinski definition) is 0. The van der Waals surface area contributed by atoms with Gasteiger partial charge in [0.1, 0.15) is 0 Å². The molecule has 4 bridgehead atoms. The highest BCUT2D eigenvalue weighted by Gasteiger charge is 2.52. The molecule has 4 fully saturated rings. The van der Waals surface area contributed by atoms with E-state index < -0.39 is 0 Å². The van der Waals surface area contributed by atoms with Crippen molar-refractivity contribution in [2.45, 2.75) is 43.9 Å². The molecule has 0 nitrogen and oxygen atoms in total. The second-order valence-electron chi connectivity index (χ2n) is 8.84. The van der Waals surface area contributed by atoms with E-state index in [0.717, 1.165) is 17.8 Å². The smallest absolute Gasteiger partial charge is 0.121 e. The maximum atomic E-state index is 3.80. The van der Waals surface area contributed by atoms with Gasteiger partial charge in [-0.15, -0.1) is 5.98 Å². The fourth-order valence-electron chi connectivity index (χ4n) is 6.63. The van der Waals surface area contributed by atoms with Crippen LogP contribution in [0.4, 0.5) is 0 Å². The van der Waals surface area contributed by atoms with Gasteiger partial charge in [-0.05, 0) is 95.7 Å². The maximum Gasteiger partial charge on any atom is 0.179 e. The third-order valence-electron chi connectivity index (χ3n) is 7.24. The summed E-state index contributed by atoms with van der Waals surface area (Å²) in [6.45, 7) is 0. The minimum Gasteiger partial charge on any atom is -0.121 e. The summed E-state index contributed by atoms with van der Waals surface area (Å²) in [4.78, 5) is 0. The highest BCUT2D eigenvalue weighted by Crippen LogP contribution is 2.61. The van der Waals surface area contributed by atoms with Crippen LogP contribution in [0.5, 0.6) is 0 Å². The lowest BCUT2D eigenvalue weighted by Crippen LogP contribution is -2.48.